The van der Waals surface area contributed by atoms with Crippen LogP contribution in [0.2, 0.25) is 0 Å². The molecule has 0 unspecified atom stereocenters. The van der Waals surface area contributed by atoms with Gasteiger partial charge in [0.25, 0.3) is 0 Å². The lowest BCUT2D eigenvalue weighted by atomic mass is 10.1. The molecule has 0 saturated carbocycles. The summed E-state index contributed by atoms with van der Waals surface area (Å²) in [6, 6.07) is 7.47. The molecule has 0 radical (unpaired) electrons. The molecule has 6 heteroatoms. The fourth-order valence-electron chi connectivity index (χ4n) is 2.52. The molecule has 0 fully saturated rings. The van der Waals surface area contributed by atoms with Gasteiger partial charge in [-0.2, -0.15) is 0 Å². The Morgan fingerprint density at radius 1 is 1.18 bits per heavy atom. The normalized spacial score (nSPS) is 16.3. The first-order chi connectivity index (χ1) is 10.6. The van der Waals surface area contributed by atoms with Crippen molar-refractivity contribution < 1.29 is 13.1 Å². The van der Waals surface area contributed by atoms with Crippen molar-refractivity contribution in [1.29, 1.82) is 0 Å². The predicted octanol–water partition coefficient (Wildman–Crippen LogP) is 3.80. The molecule has 0 spiro atoms. The van der Waals surface area contributed by atoms with E-state index in [0.717, 1.165) is 15.9 Å². The molecule has 3 nitrogen and oxygen atoms in total. The first kappa shape index (κ1) is 14.6. The van der Waals surface area contributed by atoms with Crippen LogP contribution >= 0.6 is 0 Å². The van der Waals surface area contributed by atoms with Crippen molar-refractivity contribution >= 4 is 19.2 Å². The molecule has 1 aliphatic rings. The van der Waals surface area contributed by atoms with Gasteiger partial charge in [-0.25, -0.2) is 13.1 Å². The molecule has 112 valence electrons. The molecule has 3 heterocycles. The van der Waals surface area contributed by atoms with Crippen LogP contribution < -0.4 is 0 Å². The Morgan fingerprint density at radius 3 is 2.59 bits per heavy atom. The molecule has 2 aromatic rings. The molecule has 0 aliphatic carbocycles. The first-order valence-corrected chi connectivity index (χ1v) is 7.23. The Kier molecular flexibility index (Phi) is 3.83. The zero-order valence-electron chi connectivity index (χ0n) is 12.5. The Balaban J connectivity index is 2.00. The van der Waals surface area contributed by atoms with Crippen LogP contribution in [0.4, 0.5) is 8.63 Å². The Morgan fingerprint density at radius 2 is 2.00 bits per heavy atom. The number of nitrogens with zero attached hydrogens (tertiary/aromatic N) is 1. The number of nitrogens with one attached hydrogen (secondary N) is 2. The third-order valence-electron chi connectivity index (χ3n) is 3.68. The van der Waals surface area contributed by atoms with Gasteiger partial charge in [0, 0.05) is 35.8 Å². The second kappa shape index (κ2) is 5.79. The zero-order valence-corrected chi connectivity index (χ0v) is 12.5. The second-order valence-corrected chi connectivity index (χ2v) is 5.54. The molecule has 2 N–H and O–H groups in total. The van der Waals surface area contributed by atoms with Crippen LogP contribution in [0, 0.1) is 0 Å². The highest BCUT2D eigenvalue weighted by Gasteiger charge is 2.42. The van der Waals surface area contributed by atoms with Crippen molar-refractivity contribution in [3.05, 3.63) is 65.4 Å². The van der Waals surface area contributed by atoms with Crippen LogP contribution in [0.3, 0.4) is 0 Å². The van der Waals surface area contributed by atoms with Crippen LogP contribution in [0.5, 0.6) is 0 Å². The van der Waals surface area contributed by atoms with Gasteiger partial charge < -0.3 is 9.97 Å². The van der Waals surface area contributed by atoms with Crippen molar-refractivity contribution in [3.8, 4) is 0 Å². The van der Waals surface area contributed by atoms with Crippen LogP contribution in [-0.4, -0.2) is 27.6 Å². The minimum absolute atomic E-state index is 0.374. The maximum absolute atomic E-state index is 13.5. The largest absolute Gasteiger partial charge is 0.935 e. The molecule has 3 rings (SSSR count). The summed E-state index contributed by atoms with van der Waals surface area (Å²) >= 11 is 0. The van der Waals surface area contributed by atoms with E-state index in [1.807, 2.05) is 12.1 Å². The molecule has 0 saturated heterocycles. The number of hydrogen-bond acceptors (Lipinski definition) is 0. The average Bonchev–Trinajstić information content (AvgIpc) is 3.18. The lowest BCUT2D eigenvalue weighted by Gasteiger charge is -2.00. The van der Waals surface area contributed by atoms with E-state index in [2.05, 4.69) is 23.8 Å². The van der Waals surface area contributed by atoms with E-state index in [0.29, 0.717) is 23.0 Å². The van der Waals surface area contributed by atoms with E-state index < -0.39 is 7.40 Å². The zero-order chi connectivity index (χ0) is 15.7. The highest BCUT2D eigenvalue weighted by Crippen LogP contribution is 2.20. The summed E-state index contributed by atoms with van der Waals surface area (Å²) < 4.78 is 28.0. The third kappa shape index (κ3) is 2.68. The molecular formula is C16H17BF2N3+. The second-order valence-electron chi connectivity index (χ2n) is 5.54. The number of aromatic nitrogens is 2. The summed E-state index contributed by atoms with van der Waals surface area (Å²) in [4.78, 5) is 6.22. The van der Waals surface area contributed by atoms with E-state index in [4.69, 9.17) is 0 Å². The molecular weight excluding hydrogens is 283 g/mol. The van der Waals surface area contributed by atoms with Crippen LogP contribution in [0.15, 0.2) is 48.3 Å². The highest BCUT2D eigenvalue weighted by atomic mass is 19.2. The van der Waals surface area contributed by atoms with Gasteiger partial charge in [-0.3, -0.25) is 0 Å². The predicted molar refractivity (Wildman–Crippen MR) is 85.1 cm³/mol. The molecule has 1 aliphatic heterocycles. The minimum Gasteiger partial charge on any atom is -0.358 e. The number of allylic oxidation sites excluding steroid dienone is 2. The highest BCUT2D eigenvalue weighted by molar-refractivity contribution is 6.36. The Bertz CT molecular complexity index is 752. The van der Waals surface area contributed by atoms with Gasteiger partial charge in [-0.15, -0.1) is 0 Å². The van der Waals surface area contributed by atoms with E-state index in [1.54, 1.807) is 36.6 Å². The summed E-state index contributed by atoms with van der Waals surface area (Å²) in [5.41, 5.74) is 3.53. The lowest BCUT2D eigenvalue weighted by molar-refractivity contribution is -0.340. The van der Waals surface area contributed by atoms with E-state index in [1.165, 1.54) is 0 Å². The quantitative estimate of drug-likeness (QED) is 0.806. The standard InChI is InChI=1S/C16H16BF2N3/c1-11(2)14-7-5-12(21-14)10-13-6-8-16(22(13)17(18)19)15-4-3-9-20-15/h3-11H,1-2H3,(H,20,21)/p+1. The Hall–Kier alpha value is -2.37. The van der Waals surface area contributed by atoms with Crippen LogP contribution in [0.25, 0.3) is 6.08 Å². The average molecular weight is 300 g/mol. The molecule has 0 atom stereocenters. The fourth-order valence-corrected chi connectivity index (χ4v) is 2.52. The van der Waals surface area contributed by atoms with Crippen molar-refractivity contribution in [1.82, 2.24) is 9.97 Å². The smallest absolute Gasteiger partial charge is 0.358 e. The number of aromatic amines is 2. The van der Waals surface area contributed by atoms with Gasteiger partial charge in [0.2, 0.25) is 5.71 Å². The van der Waals surface area contributed by atoms with E-state index >= 15 is 0 Å². The third-order valence-corrected chi connectivity index (χ3v) is 3.68. The van der Waals surface area contributed by atoms with Gasteiger partial charge in [-0.1, -0.05) is 13.8 Å². The summed E-state index contributed by atoms with van der Waals surface area (Å²) in [6.45, 7) is 4.17. The lowest BCUT2D eigenvalue weighted by Crippen LogP contribution is -2.25. The van der Waals surface area contributed by atoms with Crippen molar-refractivity contribution in [3.63, 3.8) is 0 Å². The summed E-state index contributed by atoms with van der Waals surface area (Å²) in [5, 5.41) is 0. The van der Waals surface area contributed by atoms with Crippen molar-refractivity contribution in [2.24, 2.45) is 0 Å². The molecule has 0 aromatic carbocycles. The van der Waals surface area contributed by atoms with Gasteiger partial charge in [0.05, 0.1) is 0 Å². The van der Waals surface area contributed by atoms with Gasteiger partial charge >= 0.3 is 7.40 Å². The topological polar surface area (TPSA) is 34.6 Å². The summed E-state index contributed by atoms with van der Waals surface area (Å²) in [7, 11) is -2.60. The molecule has 2 aromatic heterocycles. The summed E-state index contributed by atoms with van der Waals surface area (Å²) in [5.74, 6) is 0.374. The van der Waals surface area contributed by atoms with Crippen LogP contribution in [0.1, 0.15) is 36.8 Å². The van der Waals surface area contributed by atoms with E-state index in [9.17, 15) is 8.63 Å². The van der Waals surface area contributed by atoms with E-state index in [-0.39, 0.29) is 0 Å². The molecule has 0 bridgehead atoms. The molecule has 22 heavy (non-hydrogen) atoms. The number of H-pyrrole nitrogens is 2. The summed E-state index contributed by atoms with van der Waals surface area (Å²) in [6.07, 6.45) is 6.88. The monoisotopic (exact) mass is 300 g/mol. The fraction of sp³-hybridized carbons (Fsp3) is 0.188. The number of hydrogen-bond donors (Lipinski definition) is 2. The first-order valence-electron chi connectivity index (χ1n) is 7.23. The SMILES string of the molecule is CC(C)c1ccc(/C=C2/C=CC(c3ccc[nH]3)=[N+]2B(F)F)[nH]1. The number of rotatable bonds is 4. The van der Waals surface area contributed by atoms with Crippen LogP contribution in [-0.2, 0) is 0 Å². The minimum atomic E-state index is -2.60. The van der Waals surface area contributed by atoms with Gasteiger partial charge in [-0.05, 0) is 30.2 Å². The number of halogens is 2. The maximum Gasteiger partial charge on any atom is 0.935 e. The van der Waals surface area contributed by atoms with Gasteiger partial charge in [0.1, 0.15) is 5.69 Å². The van der Waals surface area contributed by atoms with Crippen molar-refractivity contribution in [2.75, 3.05) is 0 Å². The Labute approximate surface area is 128 Å². The molecule has 0 amide bonds. The van der Waals surface area contributed by atoms with Gasteiger partial charge in [0.15, 0.2) is 5.70 Å². The maximum atomic E-state index is 13.5. The van der Waals surface area contributed by atoms with Crippen molar-refractivity contribution in [2.45, 2.75) is 19.8 Å².